The van der Waals surface area contributed by atoms with Crippen molar-refractivity contribution in [2.45, 2.75) is 13.0 Å². The molecule has 1 saturated heterocycles. The second kappa shape index (κ2) is 6.45. The van der Waals surface area contributed by atoms with Gasteiger partial charge in [0.15, 0.2) is 0 Å². The molecule has 1 heterocycles. The standard InChI is InChI=1S/C13H18BrN3O2/c1-15-5-2-6-16(8-7-15)10-11-3-4-12(14)13(9-11)17(18)19/h3-4,9H,2,5-8,10H2,1H3. The first-order valence-corrected chi connectivity index (χ1v) is 7.19. The number of rotatable bonds is 3. The molecule has 0 spiro atoms. The second-order valence-electron chi connectivity index (χ2n) is 4.98. The Morgan fingerprint density at radius 1 is 1.32 bits per heavy atom. The Bertz CT molecular complexity index is 467. The molecule has 1 aliphatic rings. The summed E-state index contributed by atoms with van der Waals surface area (Å²) in [6.07, 6.45) is 1.15. The van der Waals surface area contributed by atoms with Gasteiger partial charge in [0.1, 0.15) is 0 Å². The Kier molecular flexibility index (Phi) is 4.90. The predicted molar refractivity (Wildman–Crippen MR) is 78.2 cm³/mol. The Labute approximate surface area is 121 Å². The number of hydrogen-bond donors (Lipinski definition) is 0. The van der Waals surface area contributed by atoms with Crippen molar-refractivity contribution in [2.75, 3.05) is 33.2 Å². The van der Waals surface area contributed by atoms with Crippen LogP contribution in [0.25, 0.3) is 0 Å². The number of halogens is 1. The van der Waals surface area contributed by atoms with Crippen LogP contribution in [0.15, 0.2) is 22.7 Å². The van der Waals surface area contributed by atoms with E-state index in [2.05, 4.69) is 32.8 Å². The zero-order valence-electron chi connectivity index (χ0n) is 11.0. The van der Waals surface area contributed by atoms with Gasteiger partial charge in [0, 0.05) is 25.7 Å². The Balaban J connectivity index is 2.06. The van der Waals surface area contributed by atoms with Gasteiger partial charge in [0.05, 0.1) is 9.40 Å². The van der Waals surface area contributed by atoms with Crippen molar-refractivity contribution in [1.82, 2.24) is 9.80 Å². The Hall–Kier alpha value is -0.980. The highest BCUT2D eigenvalue weighted by atomic mass is 79.9. The van der Waals surface area contributed by atoms with Gasteiger partial charge in [0.25, 0.3) is 5.69 Å². The van der Waals surface area contributed by atoms with Crippen LogP contribution in [-0.4, -0.2) is 47.9 Å². The first-order valence-electron chi connectivity index (χ1n) is 6.40. The van der Waals surface area contributed by atoms with Crippen molar-refractivity contribution >= 4 is 21.6 Å². The predicted octanol–water partition coefficient (Wildman–Crippen LogP) is 2.49. The molecule has 0 amide bonds. The maximum absolute atomic E-state index is 10.9. The summed E-state index contributed by atoms with van der Waals surface area (Å²) in [4.78, 5) is 15.3. The lowest BCUT2D eigenvalue weighted by molar-refractivity contribution is -0.385. The minimum Gasteiger partial charge on any atom is -0.305 e. The molecule has 2 rings (SSSR count). The van der Waals surface area contributed by atoms with E-state index in [-0.39, 0.29) is 10.6 Å². The van der Waals surface area contributed by atoms with Crippen LogP contribution in [0.4, 0.5) is 5.69 Å². The molecule has 104 valence electrons. The van der Waals surface area contributed by atoms with Gasteiger partial charge in [-0.3, -0.25) is 15.0 Å². The molecule has 0 aromatic heterocycles. The highest BCUT2D eigenvalue weighted by molar-refractivity contribution is 9.10. The van der Waals surface area contributed by atoms with Crippen LogP contribution in [0.2, 0.25) is 0 Å². The minimum atomic E-state index is -0.343. The van der Waals surface area contributed by atoms with Gasteiger partial charge in [-0.15, -0.1) is 0 Å². The van der Waals surface area contributed by atoms with Gasteiger partial charge in [-0.25, -0.2) is 0 Å². The van der Waals surface area contributed by atoms with Crippen molar-refractivity contribution in [3.63, 3.8) is 0 Å². The molecule has 0 unspecified atom stereocenters. The van der Waals surface area contributed by atoms with Gasteiger partial charge < -0.3 is 4.90 Å². The lowest BCUT2D eigenvalue weighted by Gasteiger charge is -2.20. The number of nitrogens with zero attached hydrogens (tertiary/aromatic N) is 3. The van der Waals surface area contributed by atoms with E-state index in [1.54, 1.807) is 12.1 Å². The summed E-state index contributed by atoms with van der Waals surface area (Å²) in [5, 5.41) is 10.9. The number of likely N-dealkylation sites (N-methyl/N-ethyl adjacent to an activating group) is 1. The molecule has 1 fully saturated rings. The summed E-state index contributed by atoms with van der Waals surface area (Å²) in [7, 11) is 2.13. The number of nitro groups is 1. The lowest BCUT2D eigenvalue weighted by atomic mass is 10.2. The molecule has 19 heavy (non-hydrogen) atoms. The Morgan fingerprint density at radius 3 is 2.84 bits per heavy atom. The van der Waals surface area contributed by atoms with E-state index in [1.165, 1.54) is 0 Å². The summed E-state index contributed by atoms with van der Waals surface area (Å²) in [6, 6.07) is 5.38. The molecule has 6 heteroatoms. The molecule has 0 N–H and O–H groups in total. The topological polar surface area (TPSA) is 49.6 Å². The molecular formula is C13H18BrN3O2. The van der Waals surface area contributed by atoms with Crippen LogP contribution in [0.3, 0.4) is 0 Å². The summed E-state index contributed by atoms with van der Waals surface area (Å²) in [6.45, 7) is 5.02. The number of nitro benzene ring substituents is 1. The van der Waals surface area contributed by atoms with Crippen LogP contribution in [0.5, 0.6) is 0 Å². The SMILES string of the molecule is CN1CCCN(Cc2ccc(Br)c([N+](=O)[O-])c2)CC1. The van der Waals surface area contributed by atoms with E-state index >= 15 is 0 Å². The van der Waals surface area contributed by atoms with Crippen molar-refractivity contribution < 1.29 is 4.92 Å². The summed E-state index contributed by atoms with van der Waals surface area (Å²) < 4.78 is 0.539. The monoisotopic (exact) mass is 327 g/mol. The van der Waals surface area contributed by atoms with E-state index in [0.717, 1.165) is 44.7 Å². The Morgan fingerprint density at radius 2 is 2.11 bits per heavy atom. The third kappa shape index (κ3) is 3.99. The molecule has 0 atom stereocenters. The molecular weight excluding hydrogens is 310 g/mol. The highest BCUT2D eigenvalue weighted by Crippen LogP contribution is 2.26. The maximum Gasteiger partial charge on any atom is 0.283 e. The normalized spacial score (nSPS) is 18.2. The average molecular weight is 328 g/mol. The molecule has 0 aliphatic carbocycles. The fraction of sp³-hybridized carbons (Fsp3) is 0.538. The maximum atomic E-state index is 10.9. The van der Waals surface area contributed by atoms with Crippen LogP contribution in [0, 0.1) is 10.1 Å². The van der Waals surface area contributed by atoms with Crippen molar-refractivity contribution in [2.24, 2.45) is 0 Å². The molecule has 5 nitrogen and oxygen atoms in total. The molecule has 1 aromatic carbocycles. The zero-order chi connectivity index (χ0) is 13.8. The van der Waals surface area contributed by atoms with Crippen molar-refractivity contribution in [3.05, 3.63) is 38.3 Å². The average Bonchev–Trinajstić information content (AvgIpc) is 2.56. The van der Waals surface area contributed by atoms with Gasteiger partial charge in [-0.05, 0) is 54.1 Å². The first-order chi connectivity index (χ1) is 9.06. The van der Waals surface area contributed by atoms with E-state index in [9.17, 15) is 10.1 Å². The fourth-order valence-electron chi connectivity index (χ4n) is 2.31. The summed E-state index contributed by atoms with van der Waals surface area (Å²) >= 11 is 3.21. The van der Waals surface area contributed by atoms with Gasteiger partial charge >= 0.3 is 0 Å². The smallest absolute Gasteiger partial charge is 0.283 e. The second-order valence-corrected chi connectivity index (χ2v) is 5.83. The number of hydrogen-bond acceptors (Lipinski definition) is 4. The van der Waals surface area contributed by atoms with Crippen LogP contribution >= 0.6 is 15.9 Å². The lowest BCUT2D eigenvalue weighted by Crippen LogP contribution is -2.28. The van der Waals surface area contributed by atoms with E-state index in [1.807, 2.05) is 6.07 Å². The molecule has 1 aliphatic heterocycles. The van der Waals surface area contributed by atoms with E-state index in [0.29, 0.717) is 4.47 Å². The molecule has 1 aromatic rings. The molecule has 0 saturated carbocycles. The van der Waals surface area contributed by atoms with Crippen molar-refractivity contribution in [3.8, 4) is 0 Å². The molecule has 0 bridgehead atoms. The van der Waals surface area contributed by atoms with Gasteiger partial charge in [0.2, 0.25) is 0 Å². The van der Waals surface area contributed by atoms with Crippen LogP contribution in [0.1, 0.15) is 12.0 Å². The number of benzene rings is 1. The van der Waals surface area contributed by atoms with Crippen molar-refractivity contribution in [1.29, 1.82) is 0 Å². The summed E-state index contributed by atoms with van der Waals surface area (Å²) in [5.41, 5.74) is 1.14. The summed E-state index contributed by atoms with van der Waals surface area (Å²) in [5.74, 6) is 0. The van der Waals surface area contributed by atoms with E-state index in [4.69, 9.17) is 0 Å². The van der Waals surface area contributed by atoms with Gasteiger partial charge in [-0.1, -0.05) is 6.07 Å². The van der Waals surface area contributed by atoms with E-state index < -0.39 is 0 Å². The van der Waals surface area contributed by atoms with Gasteiger partial charge in [-0.2, -0.15) is 0 Å². The largest absolute Gasteiger partial charge is 0.305 e. The third-order valence-corrected chi connectivity index (χ3v) is 4.10. The minimum absolute atomic E-state index is 0.143. The fourth-order valence-corrected chi connectivity index (χ4v) is 2.70. The van der Waals surface area contributed by atoms with Crippen LogP contribution < -0.4 is 0 Å². The first kappa shape index (κ1) is 14.4. The third-order valence-electron chi connectivity index (χ3n) is 3.43. The molecule has 0 radical (unpaired) electrons. The van der Waals surface area contributed by atoms with Crippen LogP contribution in [-0.2, 0) is 6.54 Å². The highest BCUT2D eigenvalue weighted by Gasteiger charge is 2.16. The quantitative estimate of drug-likeness (QED) is 0.632. The zero-order valence-corrected chi connectivity index (χ0v) is 12.6.